The van der Waals surface area contributed by atoms with Crippen LogP contribution in [-0.2, 0) is 0 Å². The second-order valence-corrected chi connectivity index (χ2v) is 10.3. The van der Waals surface area contributed by atoms with Gasteiger partial charge >= 0.3 is 6.03 Å². The minimum Gasteiger partial charge on any atom is -0.338 e. The predicted octanol–water partition coefficient (Wildman–Crippen LogP) is 5.71. The first-order chi connectivity index (χ1) is 14.8. The summed E-state index contributed by atoms with van der Waals surface area (Å²) in [4.78, 5) is 15.1. The van der Waals surface area contributed by atoms with Crippen LogP contribution in [0.3, 0.4) is 0 Å². The van der Waals surface area contributed by atoms with Crippen molar-refractivity contribution < 1.29 is 4.79 Å². The maximum Gasteiger partial charge on any atom is 0.315 e. The van der Waals surface area contributed by atoms with Gasteiger partial charge in [-0.3, -0.25) is 4.90 Å². The standard InChI is InChI=1S/C26H39N3O/c30-26(27-18-20-6-2-1-3-7-20)28-21-12-10-19(11-13-21)16-17-29-24-14-15-25(29)23-9-5-4-8-22(23)24/h4-5,8-9,19-21,24-25H,1-3,6-7,10-18H2,(H2,27,28,30). The van der Waals surface area contributed by atoms with Gasteiger partial charge in [-0.05, 0) is 87.3 Å². The summed E-state index contributed by atoms with van der Waals surface area (Å²) >= 11 is 0. The maximum atomic E-state index is 12.3. The van der Waals surface area contributed by atoms with Gasteiger partial charge in [0.05, 0.1) is 0 Å². The third-order valence-corrected chi connectivity index (χ3v) is 8.48. The lowest BCUT2D eigenvalue weighted by Gasteiger charge is -2.31. The molecule has 164 valence electrons. The fourth-order valence-electron chi connectivity index (χ4n) is 6.75. The van der Waals surface area contributed by atoms with E-state index in [0.717, 1.165) is 25.3 Å². The van der Waals surface area contributed by atoms with Gasteiger partial charge in [0, 0.05) is 24.7 Å². The maximum absolute atomic E-state index is 12.3. The third kappa shape index (κ3) is 4.39. The van der Waals surface area contributed by atoms with Gasteiger partial charge in [-0.1, -0.05) is 43.5 Å². The minimum atomic E-state index is 0.0652. The number of urea groups is 1. The van der Waals surface area contributed by atoms with E-state index in [0.29, 0.717) is 24.0 Å². The van der Waals surface area contributed by atoms with Gasteiger partial charge in [-0.25, -0.2) is 4.79 Å². The van der Waals surface area contributed by atoms with Crippen LogP contribution in [0.25, 0.3) is 0 Å². The largest absolute Gasteiger partial charge is 0.338 e. The zero-order valence-electron chi connectivity index (χ0n) is 18.5. The first-order valence-electron chi connectivity index (χ1n) is 12.7. The number of carbonyl (C=O) groups is 1. The molecule has 1 aromatic carbocycles. The molecule has 2 amide bonds. The molecule has 1 aromatic rings. The van der Waals surface area contributed by atoms with Crippen molar-refractivity contribution in [3.8, 4) is 0 Å². The van der Waals surface area contributed by atoms with E-state index in [9.17, 15) is 4.79 Å². The fourth-order valence-corrected chi connectivity index (χ4v) is 6.75. The molecule has 2 unspecified atom stereocenters. The van der Waals surface area contributed by atoms with E-state index in [4.69, 9.17) is 0 Å². The molecule has 2 aliphatic carbocycles. The molecule has 2 aliphatic heterocycles. The van der Waals surface area contributed by atoms with Crippen LogP contribution in [0, 0.1) is 11.8 Å². The van der Waals surface area contributed by atoms with Gasteiger partial charge in [-0.15, -0.1) is 0 Å². The average Bonchev–Trinajstić information content (AvgIpc) is 3.34. The first-order valence-corrected chi connectivity index (χ1v) is 12.7. The van der Waals surface area contributed by atoms with Crippen molar-refractivity contribution in [3.05, 3.63) is 35.4 Å². The Hall–Kier alpha value is -1.55. The van der Waals surface area contributed by atoms with E-state index in [2.05, 4.69) is 39.8 Å². The summed E-state index contributed by atoms with van der Waals surface area (Å²) in [6, 6.07) is 10.9. The smallest absolute Gasteiger partial charge is 0.315 e. The number of benzene rings is 1. The lowest BCUT2D eigenvalue weighted by molar-refractivity contribution is 0.185. The molecule has 2 N–H and O–H groups in total. The van der Waals surface area contributed by atoms with Crippen LogP contribution in [0.4, 0.5) is 4.79 Å². The molecule has 0 radical (unpaired) electrons. The van der Waals surface area contributed by atoms with Gasteiger partial charge < -0.3 is 10.6 Å². The molecule has 1 saturated heterocycles. The lowest BCUT2D eigenvalue weighted by Crippen LogP contribution is -2.45. The summed E-state index contributed by atoms with van der Waals surface area (Å²) in [5, 5.41) is 6.39. The number of amides is 2. The number of nitrogens with one attached hydrogen (secondary N) is 2. The van der Waals surface area contributed by atoms with Crippen LogP contribution in [0.1, 0.15) is 100 Å². The van der Waals surface area contributed by atoms with Crippen LogP contribution < -0.4 is 10.6 Å². The van der Waals surface area contributed by atoms with E-state index in [1.54, 1.807) is 11.1 Å². The highest BCUT2D eigenvalue weighted by molar-refractivity contribution is 5.74. The third-order valence-electron chi connectivity index (χ3n) is 8.48. The van der Waals surface area contributed by atoms with Crippen molar-refractivity contribution in [2.24, 2.45) is 11.8 Å². The van der Waals surface area contributed by atoms with Crippen molar-refractivity contribution in [3.63, 3.8) is 0 Å². The van der Waals surface area contributed by atoms with E-state index in [-0.39, 0.29) is 6.03 Å². The summed E-state index contributed by atoms with van der Waals surface area (Å²) in [6.45, 7) is 2.11. The topological polar surface area (TPSA) is 44.4 Å². The number of nitrogens with zero attached hydrogens (tertiary/aromatic N) is 1. The molecule has 30 heavy (non-hydrogen) atoms. The Labute approximate surface area is 182 Å². The molecule has 4 aliphatic rings. The SMILES string of the molecule is O=C(NCC1CCCCC1)NC1CCC(CCN2C3CCC2c2ccccc23)CC1. The van der Waals surface area contributed by atoms with E-state index in [1.165, 1.54) is 70.8 Å². The second-order valence-electron chi connectivity index (χ2n) is 10.3. The first kappa shape index (κ1) is 20.4. The number of hydrogen-bond donors (Lipinski definition) is 2. The van der Waals surface area contributed by atoms with Crippen molar-refractivity contribution >= 4 is 6.03 Å². The summed E-state index contributed by atoms with van der Waals surface area (Å²) in [5.41, 5.74) is 3.20. The van der Waals surface area contributed by atoms with Crippen molar-refractivity contribution in [1.82, 2.24) is 15.5 Å². The normalized spacial score (nSPS) is 31.5. The molecule has 2 atom stereocenters. The Kier molecular flexibility index (Phi) is 6.31. The van der Waals surface area contributed by atoms with E-state index in [1.807, 2.05) is 0 Å². The molecule has 4 heteroatoms. The monoisotopic (exact) mass is 409 g/mol. The van der Waals surface area contributed by atoms with Crippen LogP contribution in [0.2, 0.25) is 0 Å². The number of hydrogen-bond acceptors (Lipinski definition) is 2. The van der Waals surface area contributed by atoms with Gasteiger partial charge in [0.2, 0.25) is 0 Å². The number of rotatable bonds is 6. The van der Waals surface area contributed by atoms with Crippen LogP contribution in [0.15, 0.2) is 24.3 Å². The lowest BCUT2D eigenvalue weighted by atomic mass is 9.84. The molecular weight excluding hydrogens is 370 g/mol. The fraction of sp³-hybridized carbons (Fsp3) is 0.731. The molecule has 3 fully saturated rings. The Balaban J connectivity index is 1.01. The Bertz CT molecular complexity index is 690. The van der Waals surface area contributed by atoms with Crippen molar-refractivity contribution in [1.29, 1.82) is 0 Å². The van der Waals surface area contributed by atoms with Gasteiger partial charge in [-0.2, -0.15) is 0 Å². The molecule has 2 heterocycles. The summed E-state index contributed by atoms with van der Waals surface area (Å²) < 4.78 is 0. The quantitative estimate of drug-likeness (QED) is 0.632. The zero-order chi connectivity index (χ0) is 20.3. The molecule has 2 saturated carbocycles. The molecular formula is C26H39N3O. The minimum absolute atomic E-state index is 0.0652. The number of fused-ring (bicyclic) bond motifs is 5. The van der Waals surface area contributed by atoms with Gasteiger partial charge in [0.25, 0.3) is 0 Å². The molecule has 0 spiro atoms. The highest BCUT2D eigenvalue weighted by Gasteiger charge is 2.43. The van der Waals surface area contributed by atoms with Crippen molar-refractivity contribution in [2.45, 2.75) is 95.2 Å². The Morgan fingerprint density at radius 1 is 0.833 bits per heavy atom. The molecule has 4 nitrogen and oxygen atoms in total. The van der Waals surface area contributed by atoms with Crippen LogP contribution in [-0.4, -0.2) is 30.1 Å². The highest BCUT2D eigenvalue weighted by atomic mass is 16.2. The van der Waals surface area contributed by atoms with E-state index < -0.39 is 0 Å². The summed E-state index contributed by atoms with van der Waals surface area (Å²) in [6.07, 6.45) is 15.5. The van der Waals surface area contributed by atoms with Crippen LogP contribution in [0.5, 0.6) is 0 Å². The number of carbonyl (C=O) groups excluding carboxylic acids is 1. The Morgan fingerprint density at radius 2 is 1.50 bits per heavy atom. The highest BCUT2D eigenvalue weighted by Crippen LogP contribution is 2.53. The zero-order valence-corrected chi connectivity index (χ0v) is 18.5. The predicted molar refractivity (Wildman–Crippen MR) is 121 cm³/mol. The molecule has 0 aromatic heterocycles. The van der Waals surface area contributed by atoms with Gasteiger partial charge in [0.15, 0.2) is 0 Å². The average molecular weight is 410 g/mol. The molecule has 5 rings (SSSR count). The van der Waals surface area contributed by atoms with Crippen LogP contribution >= 0.6 is 0 Å². The van der Waals surface area contributed by atoms with Gasteiger partial charge in [0.1, 0.15) is 0 Å². The Morgan fingerprint density at radius 3 is 2.17 bits per heavy atom. The summed E-state index contributed by atoms with van der Waals surface area (Å²) in [5.74, 6) is 1.53. The van der Waals surface area contributed by atoms with E-state index >= 15 is 0 Å². The summed E-state index contributed by atoms with van der Waals surface area (Å²) in [7, 11) is 0. The second kappa shape index (κ2) is 9.30. The molecule has 2 bridgehead atoms. The van der Waals surface area contributed by atoms with Crippen molar-refractivity contribution in [2.75, 3.05) is 13.1 Å².